The van der Waals surface area contributed by atoms with Gasteiger partial charge in [-0.05, 0) is 73.2 Å². The van der Waals surface area contributed by atoms with E-state index in [0.717, 1.165) is 5.56 Å². The Bertz CT molecular complexity index is 1060. The first kappa shape index (κ1) is 21.6. The van der Waals surface area contributed by atoms with Crippen LogP contribution in [0.15, 0.2) is 77.9 Å². The first-order chi connectivity index (χ1) is 15.1. The molecule has 0 spiro atoms. The molecule has 0 atom stereocenters. The minimum Gasteiger partial charge on any atom is -0.496 e. The summed E-state index contributed by atoms with van der Waals surface area (Å²) in [6, 6.07) is 20.4. The number of hydrogen-bond acceptors (Lipinski definition) is 6. The van der Waals surface area contributed by atoms with Gasteiger partial charge in [-0.2, -0.15) is 5.10 Å². The molecular formula is C24H22N2O5. The molecule has 7 heteroatoms. The zero-order valence-corrected chi connectivity index (χ0v) is 17.2. The Labute approximate surface area is 180 Å². The fraction of sp³-hybridized carbons (Fsp3) is 0.125. The molecular weight excluding hydrogens is 396 g/mol. The number of rotatable bonds is 8. The zero-order chi connectivity index (χ0) is 22.1. The summed E-state index contributed by atoms with van der Waals surface area (Å²) < 4.78 is 15.9. The van der Waals surface area contributed by atoms with E-state index in [0.29, 0.717) is 35.0 Å². The van der Waals surface area contributed by atoms with Gasteiger partial charge in [0.25, 0.3) is 5.91 Å². The van der Waals surface area contributed by atoms with Crippen LogP contribution in [0.4, 0.5) is 0 Å². The molecule has 3 aromatic rings. The fourth-order valence-corrected chi connectivity index (χ4v) is 2.70. The number of carbonyl (C=O) groups excluding carboxylic acids is 2. The average molecular weight is 418 g/mol. The molecule has 0 aromatic heterocycles. The minimum atomic E-state index is -0.464. The van der Waals surface area contributed by atoms with Crippen LogP contribution in [0.25, 0.3) is 0 Å². The van der Waals surface area contributed by atoms with Gasteiger partial charge < -0.3 is 14.2 Å². The SMILES string of the molecule is CCOc1ccc(C(=O)Oc2ccc(/C=N/NC(=O)c3ccccc3OC)cc2)cc1. The molecule has 1 amide bonds. The Balaban J connectivity index is 1.56. The third-order valence-corrected chi connectivity index (χ3v) is 4.22. The summed E-state index contributed by atoms with van der Waals surface area (Å²) in [5.74, 6) is 0.714. The predicted octanol–water partition coefficient (Wildman–Crippen LogP) is 4.08. The van der Waals surface area contributed by atoms with E-state index in [4.69, 9.17) is 14.2 Å². The molecule has 3 rings (SSSR count). The topological polar surface area (TPSA) is 86.2 Å². The van der Waals surface area contributed by atoms with Gasteiger partial charge in [0.1, 0.15) is 17.2 Å². The Hall–Kier alpha value is -4.13. The highest BCUT2D eigenvalue weighted by Gasteiger charge is 2.10. The van der Waals surface area contributed by atoms with E-state index in [1.807, 2.05) is 6.92 Å². The maximum atomic E-state index is 12.3. The fourth-order valence-electron chi connectivity index (χ4n) is 2.70. The summed E-state index contributed by atoms with van der Waals surface area (Å²) in [6.07, 6.45) is 1.49. The van der Waals surface area contributed by atoms with Gasteiger partial charge in [-0.25, -0.2) is 10.2 Å². The minimum absolute atomic E-state index is 0.380. The Kier molecular flexibility index (Phi) is 7.37. The highest BCUT2D eigenvalue weighted by molar-refractivity contribution is 5.97. The standard InChI is InChI=1S/C24H22N2O5/c1-3-30-19-14-10-18(11-15-19)24(28)31-20-12-8-17(9-13-20)16-25-26-23(27)21-6-4-5-7-22(21)29-2/h4-16H,3H2,1-2H3,(H,26,27)/b25-16+. The number of para-hydroxylation sites is 1. The monoisotopic (exact) mass is 418 g/mol. The molecule has 0 unspecified atom stereocenters. The smallest absolute Gasteiger partial charge is 0.343 e. The lowest BCUT2D eigenvalue weighted by Gasteiger charge is -2.07. The van der Waals surface area contributed by atoms with Crippen molar-refractivity contribution in [3.05, 3.63) is 89.5 Å². The van der Waals surface area contributed by atoms with Crippen molar-refractivity contribution in [2.75, 3.05) is 13.7 Å². The summed E-state index contributed by atoms with van der Waals surface area (Å²) in [7, 11) is 1.50. The van der Waals surface area contributed by atoms with E-state index in [1.54, 1.807) is 72.8 Å². The molecule has 0 aliphatic rings. The van der Waals surface area contributed by atoms with Crippen molar-refractivity contribution in [1.29, 1.82) is 0 Å². The molecule has 7 nitrogen and oxygen atoms in total. The Morgan fingerprint density at radius 1 is 0.935 bits per heavy atom. The second kappa shape index (κ2) is 10.6. The number of ether oxygens (including phenoxy) is 3. The van der Waals surface area contributed by atoms with Gasteiger partial charge in [-0.15, -0.1) is 0 Å². The van der Waals surface area contributed by atoms with Gasteiger partial charge in [0.05, 0.1) is 31.1 Å². The molecule has 0 heterocycles. The number of hydrogen-bond donors (Lipinski definition) is 1. The lowest BCUT2D eigenvalue weighted by atomic mass is 10.2. The number of nitrogens with zero attached hydrogens (tertiary/aromatic N) is 1. The van der Waals surface area contributed by atoms with Crippen molar-refractivity contribution in [3.63, 3.8) is 0 Å². The van der Waals surface area contributed by atoms with Crippen molar-refractivity contribution >= 4 is 18.1 Å². The molecule has 31 heavy (non-hydrogen) atoms. The molecule has 0 aliphatic carbocycles. The van der Waals surface area contributed by atoms with Crippen molar-refractivity contribution in [3.8, 4) is 17.2 Å². The largest absolute Gasteiger partial charge is 0.496 e. The molecule has 0 radical (unpaired) electrons. The molecule has 0 aliphatic heterocycles. The predicted molar refractivity (Wildman–Crippen MR) is 117 cm³/mol. The van der Waals surface area contributed by atoms with Crippen LogP contribution in [0.3, 0.4) is 0 Å². The Morgan fingerprint density at radius 3 is 2.29 bits per heavy atom. The van der Waals surface area contributed by atoms with Crippen molar-refractivity contribution in [2.24, 2.45) is 5.10 Å². The number of nitrogens with one attached hydrogen (secondary N) is 1. The van der Waals surface area contributed by atoms with E-state index >= 15 is 0 Å². The van der Waals surface area contributed by atoms with Crippen LogP contribution in [0.1, 0.15) is 33.2 Å². The van der Waals surface area contributed by atoms with Crippen LogP contribution in [0.2, 0.25) is 0 Å². The van der Waals surface area contributed by atoms with Gasteiger partial charge >= 0.3 is 5.97 Å². The quantitative estimate of drug-likeness (QED) is 0.258. The van der Waals surface area contributed by atoms with E-state index < -0.39 is 5.97 Å². The molecule has 0 fully saturated rings. The second-order valence-corrected chi connectivity index (χ2v) is 6.32. The number of benzene rings is 3. The van der Waals surface area contributed by atoms with Crippen LogP contribution in [-0.2, 0) is 0 Å². The van der Waals surface area contributed by atoms with Gasteiger partial charge in [0.15, 0.2) is 0 Å². The summed E-state index contributed by atoms with van der Waals surface area (Å²) in [5.41, 5.74) is 3.99. The zero-order valence-electron chi connectivity index (χ0n) is 17.2. The molecule has 3 aromatic carbocycles. The van der Waals surface area contributed by atoms with Crippen LogP contribution in [-0.4, -0.2) is 31.8 Å². The highest BCUT2D eigenvalue weighted by Crippen LogP contribution is 2.18. The van der Waals surface area contributed by atoms with Crippen molar-refractivity contribution < 1.29 is 23.8 Å². The molecule has 158 valence electrons. The van der Waals surface area contributed by atoms with Crippen LogP contribution in [0, 0.1) is 0 Å². The first-order valence-corrected chi connectivity index (χ1v) is 9.62. The number of carbonyl (C=O) groups is 2. The maximum absolute atomic E-state index is 12.3. The highest BCUT2D eigenvalue weighted by atomic mass is 16.5. The Morgan fingerprint density at radius 2 is 1.61 bits per heavy atom. The molecule has 1 N–H and O–H groups in total. The van der Waals surface area contributed by atoms with Gasteiger partial charge in [-0.3, -0.25) is 4.79 Å². The normalized spacial score (nSPS) is 10.5. The molecule has 0 saturated carbocycles. The summed E-state index contributed by atoms with van der Waals surface area (Å²) in [6.45, 7) is 2.45. The average Bonchev–Trinajstić information content (AvgIpc) is 2.80. The molecule has 0 bridgehead atoms. The number of hydrazone groups is 1. The van der Waals surface area contributed by atoms with Gasteiger partial charge in [0, 0.05) is 0 Å². The van der Waals surface area contributed by atoms with Crippen LogP contribution >= 0.6 is 0 Å². The van der Waals surface area contributed by atoms with Crippen molar-refractivity contribution in [1.82, 2.24) is 5.43 Å². The lowest BCUT2D eigenvalue weighted by molar-refractivity contribution is 0.0734. The second-order valence-electron chi connectivity index (χ2n) is 6.32. The summed E-state index contributed by atoms with van der Waals surface area (Å²) in [4.78, 5) is 24.5. The van der Waals surface area contributed by atoms with Crippen LogP contribution < -0.4 is 19.6 Å². The van der Waals surface area contributed by atoms with E-state index in [9.17, 15) is 9.59 Å². The summed E-state index contributed by atoms with van der Waals surface area (Å²) >= 11 is 0. The van der Waals surface area contributed by atoms with Crippen molar-refractivity contribution in [2.45, 2.75) is 6.92 Å². The van der Waals surface area contributed by atoms with Crippen LogP contribution in [0.5, 0.6) is 17.2 Å². The van der Waals surface area contributed by atoms with E-state index in [2.05, 4.69) is 10.5 Å². The number of esters is 1. The third kappa shape index (κ3) is 5.93. The first-order valence-electron chi connectivity index (χ1n) is 9.62. The number of methoxy groups -OCH3 is 1. The maximum Gasteiger partial charge on any atom is 0.343 e. The van der Waals surface area contributed by atoms with E-state index in [1.165, 1.54) is 13.3 Å². The summed E-state index contributed by atoms with van der Waals surface area (Å²) in [5, 5.41) is 3.96. The van der Waals surface area contributed by atoms with Gasteiger partial charge in [-0.1, -0.05) is 12.1 Å². The third-order valence-electron chi connectivity index (χ3n) is 4.22. The van der Waals surface area contributed by atoms with Gasteiger partial charge in [0.2, 0.25) is 0 Å². The molecule has 0 saturated heterocycles. The number of amides is 1. The van der Waals surface area contributed by atoms with E-state index in [-0.39, 0.29) is 5.91 Å². The lowest BCUT2D eigenvalue weighted by Crippen LogP contribution is -2.18.